The third kappa shape index (κ3) is 5.03. The van der Waals surface area contributed by atoms with Crippen LogP contribution in [0.5, 0.6) is 0 Å². The van der Waals surface area contributed by atoms with E-state index in [2.05, 4.69) is 140 Å². The fourth-order valence-electron chi connectivity index (χ4n) is 9.68. The zero-order valence-corrected chi connectivity index (χ0v) is 31.9. The number of hydrogen-bond acceptors (Lipinski definition) is 4. The molecular formula is C55H34N4. The quantitative estimate of drug-likeness (QED) is 0.180. The zero-order valence-electron chi connectivity index (χ0n) is 31.9. The average Bonchev–Trinajstić information content (AvgIpc) is 3.57. The molecule has 2 aromatic heterocycles. The Morgan fingerprint density at radius 2 is 0.881 bits per heavy atom. The van der Waals surface area contributed by atoms with Crippen molar-refractivity contribution in [2.75, 3.05) is 0 Å². The van der Waals surface area contributed by atoms with E-state index in [-0.39, 0.29) is 0 Å². The van der Waals surface area contributed by atoms with Crippen molar-refractivity contribution in [3.05, 3.63) is 229 Å². The molecule has 0 saturated carbocycles. The molecule has 2 aliphatic rings. The van der Waals surface area contributed by atoms with Crippen LogP contribution in [0.3, 0.4) is 0 Å². The van der Waals surface area contributed by atoms with E-state index in [1.165, 1.54) is 66.4 Å². The second-order valence-corrected chi connectivity index (χ2v) is 15.3. The highest BCUT2D eigenvalue weighted by atomic mass is 14.9. The fraction of sp³-hybridized carbons (Fsp3) is 0.0182. The summed E-state index contributed by atoms with van der Waals surface area (Å²) in [7, 11) is 0. The zero-order chi connectivity index (χ0) is 38.9. The Bertz CT molecular complexity index is 3270. The lowest BCUT2D eigenvalue weighted by molar-refractivity contribution is 0.776. The first kappa shape index (κ1) is 33.3. The molecule has 0 amide bonds. The van der Waals surface area contributed by atoms with Crippen LogP contribution in [0, 0.1) is 0 Å². The van der Waals surface area contributed by atoms with E-state index < -0.39 is 5.41 Å². The van der Waals surface area contributed by atoms with Crippen LogP contribution in [0.25, 0.3) is 89.4 Å². The molecule has 274 valence electrons. The molecule has 0 fully saturated rings. The Morgan fingerprint density at radius 3 is 1.61 bits per heavy atom. The molecule has 10 aromatic rings. The molecule has 12 rings (SSSR count). The van der Waals surface area contributed by atoms with Crippen molar-refractivity contribution in [2.45, 2.75) is 5.41 Å². The van der Waals surface area contributed by atoms with E-state index in [4.69, 9.17) is 19.9 Å². The summed E-state index contributed by atoms with van der Waals surface area (Å²) in [4.78, 5) is 20.2. The second kappa shape index (κ2) is 13.1. The second-order valence-electron chi connectivity index (χ2n) is 15.3. The van der Waals surface area contributed by atoms with Gasteiger partial charge in [0.25, 0.3) is 0 Å². The summed E-state index contributed by atoms with van der Waals surface area (Å²) in [6.45, 7) is 0. The minimum absolute atomic E-state index is 0.641. The van der Waals surface area contributed by atoms with E-state index >= 15 is 0 Å². The molecule has 4 heteroatoms. The van der Waals surface area contributed by atoms with Gasteiger partial charge in [-0.2, -0.15) is 0 Å². The van der Waals surface area contributed by atoms with Crippen LogP contribution in [-0.4, -0.2) is 19.9 Å². The highest BCUT2D eigenvalue weighted by Crippen LogP contribution is 2.62. The average molecular weight is 751 g/mol. The van der Waals surface area contributed by atoms with Gasteiger partial charge >= 0.3 is 0 Å². The highest BCUT2D eigenvalue weighted by Gasteiger charge is 2.50. The first-order valence-electron chi connectivity index (χ1n) is 20.0. The molecule has 59 heavy (non-hydrogen) atoms. The molecule has 0 saturated heterocycles. The Morgan fingerprint density at radius 1 is 0.322 bits per heavy atom. The van der Waals surface area contributed by atoms with Crippen molar-refractivity contribution in [3.63, 3.8) is 0 Å². The minimum atomic E-state index is -0.641. The van der Waals surface area contributed by atoms with Gasteiger partial charge in [-0.25, -0.2) is 19.9 Å². The molecule has 0 aliphatic heterocycles. The highest BCUT2D eigenvalue weighted by molar-refractivity contribution is 6.06. The monoisotopic (exact) mass is 750 g/mol. The van der Waals surface area contributed by atoms with Crippen LogP contribution < -0.4 is 0 Å². The van der Waals surface area contributed by atoms with Gasteiger partial charge < -0.3 is 0 Å². The molecule has 2 aliphatic carbocycles. The predicted octanol–water partition coefficient (Wildman–Crippen LogP) is 13.1. The lowest BCUT2D eigenvalue weighted by Crippen LogP contribution is -2.29. The summed E-state index contributed by atoms with van der Waals surface area (Å²) in [6, 6.07) is 69.7. The van der Waals surface area contributed by atoms with Gasteiger partial charge in [0, 0.05) is 34.6 Å². The lowest BCUT2D eigenvalue weighted by atomic mass is 9.65. The maximum Gasteiger partial charge on any atom is 0.160 e. The summed E-state index contributed by atoms with van der Waals surface area (Å²) in [5.74, 6) is 1.32. The molecule has 0 bridgehead atoms. The Balaban J connectivity index is 1.15. The van der Waals surface area contributed by atoms with Crippen molar-refractivity contribution in [2.24, 2.45) is 0 Å². The van der Waals surface area contributed by atoms with E-state index in [1.807, 2.05) is 67.0 Å². The molecule has 1 spiro atoms. The molecular weight excluding hydrogens is 717 g/mol. The molecule has 4 nitrogen and oxygen atoms in total. The third-order valence-corrected chi connectivity index (χ3v) is 12.2. The molecule has 8 aromatic carbocycles. The van der Waals surface area contributed by atoms with Crippen LogP contribution in [0.2, 0.25) is 0 Å². The van der Waals surface area contributed by atoms with Gasteiger partial charge in [0.15, 0.2) is 11.6 Å². The number of aromatic nitrogens is 4. The molecule has 0 N–H and O–H groups in total. The largest absolute Gasteiger partial charge is 0.236 e. The van der Waals surface area contributed by atoms with Crippen molar-refractivity contribution >= 4 is 10.8 Å². The summed E-state index contributed by atoms with van der Waals surface area (Å²) in [5, 5.41) is 2.49. The van der Waals surface area contributed by atoms with Gasteiger partial charge in [-0.15, -0.1) is 0 Å². The molecule has 0 radical (unpaired) electrons. The smallest absolute Gasteiger partial charge is 0.160 e. The van der Waals surface area contributed by atoms with Gasteiger partial charge in [0.2, 0.25) is 0 Å². The molecule has 1 atom stereocenters. The molecule has 1 unspecified atom stereocenters. The third-order valence-electron chi connectivity index (χ3n) is 12.2. The first-order chi connectivity index (χ1) is 29.3. The van der Waals surface area contributed by atoms with Crippen molar-refractivity contribution in [3.8, 4) is 78.7 Å². The summed E-state index contributed by atoms with van der Waals surface area (Å²) < 4.78 is 0. The maximum absolute atomic E-state index is 5.32. The van der Waals surface area contributed by atoms with E-state index in [0.29, 0.717) is 11.6 Å². The number of hydrogen-bond donors (Lipinski definition) is 0. The van der Waals surface area contributed by atoms with Gasteiger partial charge in [0.05, 0.1) is 16.8 Å². The van der Waals surface area contributed by atoms with E-state index in [1.54, 1.807) is 0 Å². The van der Waals surface area contributed by atoms with E-state index in [9.17, 15) is 0 Å². The van der Waals surface area contributed by atoms with Crippen LogP contribution >= 0.6 is 0 Å². The van der Waals surface area contributed by atoms with Crippen molar-refractivity contribution in [1.29, 1.82) is 0 Å². The van der Waals surface area contributed by atoms with Crippen LogP contribution in [0.15, 0.2) is 207 Å². The summed E-state index contributed by atoms with van der Waals surface area (Å²) in [5.41, 5.74) is 17.2. The SMILES string of the molecule is c1ccc(-c2cc(-c3cnc(-c4ccccc4)nc3)nc(-c3ccc4c(c3)C3(c5ccccc5-c5ccccc5-4)c4ccccc4-c4c3ccc3ccccc43)n2)cc1. The Kier molecular flexibility index (Phi) is 7.41. The normalized spacial score (nSPS) is 14.5. The summed E-state index contributed by atoms with van der Waals surface area (Å²) >= 11 is 0. The van der Waals surface area contributed by atoms with E-state index in [0.717, 1.165) is 33.6 Å². The maximum atomic E-state index is 5.32. The number of fused-ring (bicyclic) bond motifs is 14. The van der Waals surface area contributed by atoms with Crippen LogP contribution in [0.4, 0.5) is 0 Å². The summed E-state index contributed by atoms with van der Waals surface area (Å²) in [6.07, 6.45) is 3.74. The number of nitrogens with zero attached hydrogens (tertiary/aromatic N) is 4. The van der Waals surface area contributed by atoms with Crippen LogP contribution in [0.1, 0.15) is 22.3 Å². The topological polar surface area (TPSA) is 51.6 Å². The van der Waals surface area contributed by atoms with Gasteiger partial charge in [-0.05, 0) is 78.5 Å². The standard InChI is InChI=1S/C55H34N4/c1-3-16-36(17-4-1)50-32-51(39-33-56-53(57-34-39)37-18-5-2-6-19-37)59-54(58-50)38-27-29-44-42-22-10-9-21-41(42)43-23-11-13-25-46(43)55(49(44)31-38)47-26-14-12-24-45(47)52-40-20-8-7-15-35(40)28-30-48(52)55/h1-34H. The van der Waals surface area contributed by atoms with Gasteiger partial charge in [-0.3, -0.25) is 0 Å². The van der Waals surface area contributed by atoms with Crippen LogP contribution in [-0.2, 0) is 5.41 Å². The van der Waals surface area contributed by atoms with Gasteiger partial charge in [0.1, 0.15) is 0 Å². The lowest BCUT2D eigenvalue weighted by Gasteiger charge is -2.35. The minimum Gasteiger partial charge on any atom is -0.236 e. The molecule has 2 heterocycles. The number of rotatable bonds is 4. The van der Waals surface area contributed by atoms with Crippen molar-refractivity contribution < 1.29 is 0 Å². The number of benzene rings is 8. The first-order valence-corrected chi connectivity index (χ1v) is 20.0. The van der Waals surface area contributed by atoms with Crippen molar-refractivity contribution in [1.82, 2.24) is 19.9 Å². The Labute approximate surface area is 342 Å². The Hall–Kier alpha value is -7.82. The van der Waals surface area contributed by atoms with Gasteiger partial charge in [-0.1, -0.05) is 182 Å². The fourth-order valence-corrected chi connectivity index (χ4v) is 9.68. The predicted molar refractivity (Wildman–Crippen MR) is 239 cm³/mol.